The monoisotopic (exact) mass is 287 g/mol. The number of amides is 1. The van der Waals surface area contributed by atoms with E-state index in [1.165, 1.54) is 10.5 Å². The molecule has 0 saturated carbocycles. The molecule has 0 bridgehead atoms. The van der Waals surface area contributed by atoms with Crippen LogP contribution in [0.5, 0.6) is 0 Å². The van der Waals surface area contributed by atoms with Gasteiger partial charge in [0.2, 0.25) is 0 Å². The zero-order valence-electron chi connectivity index (χ0n) is 8.87. The second-order valence-electron chi connectivity index (χ2n) is 3.27. The van der Waals surface area contributed by atoms with Crippen LogP contribution in [0, 0.1) is 0 Å². The van der Waals surface area contributed by atoms with E-state index in [1.807, 2.05) is 0 Å². The number of benzene rings is 1. The first-order valence-corrected chi connectivity index (χ1v) is 6.69. The number of nitrogens with zero attached hydrogens (tertiary/aromatic N) is 1. The minimum atomic E-state index is -0.0665. The maximum Gasteiger partial charge on any atom is 0.289 e. The van der Waals surface area contributed by atoms with E-state index in [9.17, 15) is 4.79 Å². The normalized spacial score (nSPS) is 10.1. The predicted molar refractivity (Wildman–Crippen MR) is 68.9 cm³/mol. The van der Waals surface area contributed by atoms with Gasteiger partial charge in [-0.1, -0.05) is 12.1 Å². The summed E-state index contributed by atoms with van der Waals surface area (Å²) in [5, 5.41) is 0. The predicted octanol–water partition coefficient (Wildman–Crippen LogP) is 3.40. The summed E-state index contributed by atoms with van der Waals surface area (Å²) >= 11 is 4.65. The van der Waals surface area contributed by atoms with Crippen molar-refractivity contribution in [2.45, 2.75) is 11.3 Å². The van der Waals surface area contributed by atoms with E-state index in [-0.39, 0.29) is 4.82 Å². The Morgan fingerprint density at radius 1 is 1.40 bits per heavy atom. The third kappa shape index (κ3) is 4.26. The van der Waals surface area contributed by atoms with E-state index in [2.05, 4.69) is 46.5 Å². The molecule has 0 radical (unpaired) electrons. The topological polar surface area (TPSA) is 20.3 Å². The molecule has 1 aromatic rings. The Balaban J connectivity index is 2.47. The van der Waals surface area contributed by atoms with Gasteiger partial charge in [0.25, 0.3) is 4.82 Å². The van der Waals surface area contributed by atoms with Crippen LogP contribution in [0.2, 0.25) is 0 Å². The summed E-state index contributed by atoms with van der Waals surface area (Å²) in [7, 11) is 1.79. The highest BCUT2D eigenvalue weighted by Crippen LogP contribution is 2.15. The highest BCUT2D eigenvalue weighted by atomic mass is 79.9. The van der Waals surface area contributed by atoms with Crippen LogP contribution in [0.3, 0.4) is 0 Å². The van der Waals surface area contributed by atoms with Crippen molar-refractivity contribution in [1.82, 2.24) is 4.90 Å². The van der Waals surface area contributed by atoms with Crippen molar-refractivity contribution in [3.8, 4) is 0 Å². The summed E-state index contributed by atoms with van der Waals surface area (Å²) in [6, 6.07) is 8.43. The quantitative estimate of drug-likeness (QED) is 0.481. The molecule has 0 heterocycles. The molecule has 0 aromatic heterocycles. The van der Waals surface area contributed by atoms with Crippen molar-refractivity contribution in [2.75, 3.05) is 19.8 Å². The molecule has 0 saturated heterocycles. The standard InChI is InChI=1S/C11H14BrNOS/c1-13(11(12)14)8-7-9-3-5-10(15-2)6-4-9/h3-6H,7-8H2,1-2H3. The maximum atomic E-state index is 10.9. The van der Waals surface area contributed by atoms with Crippen molar-refractivity contribution in [2.24, 2.45) is 0 Å². The molecular formula is C11H14BrNOS. The molecule has 0 N–H and O–H groups in total. The smallest absolute Gasteiger partial charge is 0.289 e. The minimum absolute atomic E-state index is 0.0665. The van der Waals surface area contributed by atoms with Gasteiger partial charge in [-0.25, -0.2) is 0 Å². The summed E-state index contributed by atoms with van der Waals surface area (Å²) < 4.78 is 0. The number of carbonyl (C=O) groups excluding carboxylic acids is 1. The lowest BCUT2D eigenvalue weighted by Gasteiger charge is -2.13. The van der Waals surface area contributed by atoms with E-state index in [0.29, 0.717) is 0 Å². The first-order chi connectivity index (χ1) is 7.13. The van der Waals surface area contributed by atoms with Gasteiger partial charge in [-0.05, 0) is 30.4 Å². The van der Waals surface area contributed by atoms with Crippen LogP contribution in [0.4, 0.5) is 4.79 Å². The van der Waals surface area contributed by atoms with Gasteiger partial charge in [-0.2, -0.15) is 0 Å². The molecule has 2 nitrogen and oxygen atoms in total. The zero-order valence-corrected chi connectivity index (χ0v) is 11.3. The number of hydrogen-bond donors (Lipinski definition) is 0. The molecule has 4 heteroatoms. The molecule has 0 aliphatic heterocycles. The molecule has 1 rings (SSSR count). The van der Waals surface area contributed by atoms with Crippen LogP contribution in [0.1, 0.15) is 5.56 Å². The van der Waals surface area contributed by atoms with Crippen molar-refractivity contribution >= 4 is 32.5 Å². The van der Waals surface area contributed by atoms with Gasteiger partial charge in [0.1, 0.15) is 0 Å². The average Bonchev–Trinajstić information content (AvgIpc) is 2.26. The van der Waals surface area contributed by atoms with E-state index in [4.69, 9.17) is 0 Å². The summed E-state index contributed by atoms with van der Waals surface area (Å²) in [5.74, 6) is 0. The summed E-state index contributed by atoms with van der Waals surface area (Å²) in [5.41, 5.74) is 1.26. The molecule has 82 valence electrons. The van der Waals surface area contributed by atoms with Crippen LogP contribution in [-0.4, -0.2) is 29.6 Å². The lowest BCUT2D eigenvalue weighted by Crippen LogP contribution is -2.23. The number of halogens is 1. The van der Waals surface area contributed by atoms with Gasteiger partial charge in [0, 0.05) is 34.4 Å². The lowest BCUT2D eigenvalue weighted by molar-refractivity contribution is 0.235. The SMILES string of the molecule is CSc1ccc(CCN(C)C(=O)Br)cc1. The average molecular weight is 288 g/mol. The Morgan fingerprint density at radius 2 is 2.00 bits per heavy atom. The number of likely N-dealkylation sites (N-methyl/N-ethyl adjacent to an activating group) is 1. The fourth-order valence-corrected chi connectivity index (χ4v) is 1.76. The van der Waals surface area contributed by atoms with E-state index in [0.717, 1.165) is 13.0 Å². The molecule has 0 aliphatic rings. The van der Waals surface area contributed by atoms with Crippen LogP contribution in [0.25, 0.3) is 0 Å². The molecule has 0 spiro atoms. The molecule has 1 aromatic carbocycles. The fraction of sp³-hybridized carbons (Fsp3) is 0.364. The highest BCUT2D eigenvalue weighted by molar-refractivity contribution is 9.18. The maximum absolute atomic E-state index is 10.9. The zero-order chi connectivity index (χ0) is 11.3. The Labute approximate surface area is 103 Å². The molecule has 0 unspecified atom stereocenters. The van der Waals surface area contributed by atoms with E-state index >= 15 is 0 Å². The van der Waals surface area contributed by atoms with Crippen molar-refractivity contribution in [3.05, 3.63) is 29.8 Å². The number of thioether (sulfide) groups is 1. The number of rotatable bonds is 4. The second kappa shape index (κ2) is 6.18. The van der Waals surface area contributed by atoms with Gasteiger partial charge < -0.3 is 4.90 Å². The second-order valence-corrected chi connectivity index (χ2v) is 4.83. The molecular weight excluding hydrogens is 274 g/mol. The fourth-order valence-electron chi connectivity index (χ4n) is 1.18. The molecule has 1 amide bonds. The van der Waals surface area contributed by atoms with Crippen molar-refractivity contribution < 1.29 is 4.79 Å². The lowest BCUT2D eigenvalue weighted by atomic mass is 10.1. The summed E-state index contributed by atoms with van der Waals surface area (Å²) in [6.45, 7) is 0.739. The van der Waals surface area contributed by atoms with Gasteiger partial charge >= 0.3 is 0 Å². The van der Waals surface area contributed by atoms with Crippen LogP contribution >= 0.6 is 27.7 Å². The first kappa shape index (κ1) is 12.6. The summed E-state index contributed by atoms with van der Waals surface area (Å²) in [6.07, 6.45) is 2.95. The third-order valence-corrected chi connectivity index (χ3v) is 3.54. The molecule has 0 aliphatic carbocycles. The van der Waals surface area contributed by atoms with Crippen LogP contribution < -0.4 is 0 Å². The van der Waals surface area contributed by atoms with Gasteiger partial charge in [0.05, 0.1) is 0 Å². The third-order valence-electron chi connectivity index (χ3n) is 2.20. The Hall–Kier alpha value is -0.480. The Bertz CT molecular complexity index is 326. The molecule has 15 heavy (non-hydrogen) atoms. The van der Waals surface area contributed by atoms with Crippen LogP contribution in [0.15, 0.2) is 29.2 Å². The van der Waals surface area contributed by atoms with Crippen LogP contribution in [-0.2, 0) is 6.42 Å². The largest absolute Gasteiger partial charge is 0.336 e. The Kier molecular flexibility index (Phi) is 5.19. The number of hydrogen-bond acceptors (Lipinski definition) is 2. The number of carbonyl (C=O) groups is 1. The van der Waals surface area contributed by atoms with Gasteiger partial charge in [-0.15, -0.1) is 11.8 Å². The summed E-state index contributed by atoms with van der Waals surface area (Å²) in [4.78, 5) is 13.8. The van der Waals surface area contributed by atoms with Gasteiger partial charge in [0.15, 0.2) is 0 Å². The van der Waals surface area contributed by atoms with E-state index in [1.54, 1.807) is 23.7 Å². The van der Waals surface area contributed by atoms with E-state index < -0.39 is 0 Å². The first-order valence-electron chi connectivity index (χ1n) is 4.67. The van der Waals surface area contributed by atoms with Gasteiger partial charge in [-0.3, -0.25) is 4.79 Å². The molecule has 0 fully saturated rings. The molecule has 0 atom stereocenters. The highest BCUT2D eigenvalue weighted by Gasteiger charge is 2.03. The van der Waals surface area contributed by atoms with Crippen molar-refractivity contribution in [3.63, 3.8) is 0 Å². The minimum Gasteiger partial charge on any atom is -0.336 e. The Morgan fingerprint density at radius 3 is 2.47 bits per heavy atom. The van der Waals surface area contributed by atoms with Crippen molar-refractivity contribution in [1.29, 1.82) is 0 Å².